The van der Waals surface area contributed by atoms with Crippen LogP contribution in [0.15, 0.2) is 48.5 Å². The molecule has 0 aromatic heterocycles. The smallest absolute Gasteiger partial charge is 0.385 e. The minimum atomic E-state index is -4.68. The average molecular weight is 576 g/mol. The molecule has 3 fully saturated rings. The van der Waals surface area contributed by atoms with Gasteiger partial charge >= 0.3 is 6.18 Å². The molecule has 2 aromatic carbocycles. The number of hydrogen-bond acceptors (Lipinski definition) is 3. The molecule has 1 saturated heterocycles. The van der Waals surface area contributed by atoms with Crippen molar-refractivity contribution in [1.82, 2.24) is 9.80 Å². The van der Waals surface area contributed by atoms with Crippen LogP contribution in [0.5, 0.6) is 0 Å². The molecule has 0 unspecified atom stereocenters. The van der Waals surface area contributed by atoms with Crippen molar-refractivity contribution >= 4 is 29.1 Å². The van der Waals surface area contributed by atoms with Gasteiger partial charge < -0.3 is 15.1 Å². The molecule has 3 aliphatic rings. The second kappa shape index (κ2) is 10.9. The fourth-order valence-corrected chi connectivity index (χ4v) is 6.56. The summed E-state index contributed by atoms with van der Waals surface area (Å²) in [5, 5.41) is 3.83. The van der Waals surface area contributed by atoms with E-state index in [0.29, 0.717) is 35.6 Å². The number of alkyl halides is 3. The van der Waals surface area contributed by atoms with Crippen LogP contribution in [0.2, 0.25) is 5.02 Å². The molecule has 5 rings (SSSR count). The van der Waals surface area contributed by atoms with Crippen LogP contribution in [0, 0.1) is 11.3 Å². The Labute approximate surface area is 239 Å². The number of benzene rings is 2. The molecule has 0 radical (unpaired) electrons. The lowest BCUT2D eigenvalue weighted by atomic mass is 9.79. The lowest BCUT2D eigenvalue weighted by Crippen LogP contribution is -2.55. The van der Waals surface area contributed by atoms with Crippen LogP contribution in [0.1, 0.15) is 67.8 Å². The van der Waals surface area contributed by atoms with Gasteiger partial charge in [-0.3, -0.25) is 9.59 Å². The molecular weight excluding hydrogens is 539 g/mol. The highest BCUT2D eigenvalue weighted by molar-refractivity contribution is 6.34. The zero-order valence-corrected chi connectivity index (χ0v) is 23.8. The molecule has 0 bridgehead atoms. The second-order valence-corrected chi connectivity index (χ2v) is 12.4. The first kappa shape index (κ1) is 28.8. The molecule has 216 valence electrons. The zero-order chi connectivity index (χ0) is 28.7. The van der Waals surface area contributed by atoms with Crippen LogP contribution in [0.3, 0.4) is 0 Å². The van der Waals surface area contributed by atoms with Crippen molar-refractivity contribution in [3.63, 3.8) is 0 Å². The van der Waals surface area contributed by atoms with E-state index in [0.717, 1.165) is 64.1 Å². The molecule has 2 amide bonds. The SMILES string of the molecule is CN(C(=O)c1ccc(NCCC[C@@H]2CC23CCN(C(=O)[C@](C)(c2ccccc2)C(F)(F)F)CC3)cc1Cl)C1CC1. The van der Waals surface area contributed by atoms with Crippen molar-refractivity contribution in [1.29, 1.82) is 0 Å². The number of likely N-dealkylation sites (tertiary alicyclic amines) is 1. The molecule has 5 nitrogen and oxygen atoms in total. The molecule has 2 aromatic rings. The van der Waals surface area contributed by atoms with E-state index in [9.17, 15) is 22.8 Å². The van der Waals surface area contributed by atoms with Gasteiger partial charge in [-0.2, -0.15) is 13.2 Å². The van der Waals surface area contributed by atoms with Crippen molar-refractivity contribution in [2.45, 2.75) is 69.5 Å². The lowest BCUT2D eigenvalue weighted by molar-refractivity contribution is -0.198. The standard InChI is InChI=1S/C31H37ClF3N3O2/c1-29(31(33,34)35,21-7-4-3-5-8-21)28(40)38-17-14-30(15-18-38)20-22(30)9-6-16-36-23-10-13-25(26(32)19-23)27(39)37(2)24-11-12-24/h3-5,7-8,10,13,19,22,24,36H,6,9,11-12,14-18,20H2,1-2H3/t22-,29+/m1/s1. The minimum Gasteiger partial charge on any atom is -0.385 e. The number of carbonyl (C=O) groups excluding carboxylic acids is 2. The Kier molecular flexibility index (Phi) is 7.85. The van der Waals surface area contributed by atoms with Gasteiger partial charge in [0.2, 0.25) is 5.91 Å². The summed E-state index contributed by atoms with van der Waals surface area (Å²) in [5.74, 6) is -0.363. The Morgan fingerprint density at radius 3 is 2.38 bits per heavy atom. The molecule has 1 heterocycles. The fourth-order valence-electron chi connectivity index (χ4n) is 6.30. The van der Waals surface area contributed by atoms with E-state index in [4.69, 9.17) is 11.6 Å². The maximum Gasteiger partial charge on any atom is 0.406 e. The molecule has 9 heteroatoms. The number of amides is 2. The number of piperidine rings is 1. The Balaban J connectivity index is 1.08. The van der Waals surface area contributed by atoms with Crippen LogP contribution in [-0.2, 0) is 10.2 Å². The molecule has 40 heavy (non-hydrogen) atoms. The number of anilines is 1. The third-order valence-electron chi connectivity index (χ3n) is 9.42. The first-order chi connectivity index (χ1) is 19.0. The van der Waals surface area contributed by atoms with Crippen molar-refractivity contribution in [2.75, 3.05) is 32.0 Å². The van der Waals surface area contributed by atoms with Gasteiger partial charge in [-0.05, 0) is 87.0 Å². The van der Waals surface area contributed by atoms with Gasteiger partial charge in [0.25, 0.3) is 5.91 Å². The molecular formula is C31H37ClF3N3O2. The van der Waals surface area contributed by atoms with Crippen molar-refractivity contribution < 1.29 is 22.8 Å². The monoisotopic (exact) mass is 575 g/mol. The molecule has 1 aliphatic heterocycles. The van der Waals surface area contributed by atoms with E-state index in [1.54, 1.807) is 35.2 Å². The van der Waals surface area contributed by atoms with Crippen molar-refractivity contribution in [3.05, 3.63) is 64.7 Å². The zero-order valence-electron chi connectivity index (χ0n) is 23.1. The maximum absolute atomic E-state index is 14.2. The normalized spacial score (nSPS) is 21.6. The second-order valence-electron chi connectivity index (χ2n) is 12.0. The molecule has 2 atom stereocenters. The summed E-state index contributed by atoms with van der Waals surface area (Å²) < 4.78 is 42.5. The Hall–Kier alpha value is -2.74. The minimum absolute atomic E-state index is 0.0160. The van der Waals surface area contributed by atoms with Gasteiger partial charge in [0.15, 0.2) is 5.41 Å². The van der Waals surface area contributed by atoms with Gasteiger partial charge in [-0.25, -0.2) is 0 Å². The van der Waals surface area contributed by atoms with Crippen LogP contribution in [-0.4, -0.2) is 60.5 Å². The van der Waals surface area contributed by atoms with E-state index in [-0.39, 0.29) is 16.9 Å². The van der Waals surface area contributed by atoms with Gasteiger partial charge in [-0.15, -0.1) is 0 Å². The Morgan fingerprint density at radius 1 is 1.10 bits per heavy atom. The largest absolute Gasteiger partial charge is 0.406 e. The van der Waals surface area contributed by atoms with Crippen LogP contribution < -0.4 is 5.32 Å². The van der Waals surface area contributed by atoms with E-state index in [2.05, 4.69) is 5.32 Å². The third-order valence-corrected chi connectivity index (χ3v) is 9.74. The summed E-state index contributed by atoms with van der Waals surface area (Å²) in [4.78, 5) is 29.0. The summed E-state index contributed by atoms with van der Waals surface area (Å²) in [6.07, 6.45) is 1.97. The Bertz CT molecular complexity index is 1240. The van der Waals surface area contributed by atoms with Gasteiger partial charge in [0, 0.05) is 38.4 Å². The number of nitrogens with one attached hydrogen (secondary N) is 1. The number of hydrogen-bond donors (Lipinski definition) is 1. The van der Waals surface area contributed by atoms with E-state index >= 15 is 0 Å². The number of halogens is 4. The third kappa shape index (κ3) is 5.56. The van der Waals surface area contributed by atoms with Gasteiger partial charge in [0.05, 0.1) is 10.6 Å². The number of rotatable bonds is 9. The molecule has 2 saturated carbocycles. The Morgan fingerprint density at radius 2 is 1.77 bits per heavy atom. The average Bonchev–Trinajstić information content (AvgIpc) is 3.87. The topological polar surface area (TPSA) is 52.7 Å². The summed E-state index contributed by atoms with van der Waals surface area (Å²) in [5.41, 5.74) is -1.02. The summed E-state index contributed by atoms with van der Waals surface area (Å²) >= 11 is 6.41. The van der Waals surface area contributed by atoms with Gasteiger partial charge in [0.1, 0.15) is 0 Å². The summed E-state index contributed by atoms with van der Waals surface area (Å²) in [6, 6.07) is 13.3. The fraction of sp³-hybridized carbons (Fsp3) is 0.548. The maximum atomic E-state index is 14.2. The van der Waals surface area contributed by atoms with Crippen molar-refractivity contribution in [3.8, 4) is 0 Å². The highest BCUT2D eigenvalue weighted by atomic mass is 35.5. The summed E-state index contributed by atoms with van der Waals surface area (Å²) in [6.45, 7) is 2.51. The van der Waals surface area contributed by atoms with Gasteiger partial charge in [-0.1, -0.05) is 41.9 Å². The molecule has 1 spiro atoms. The molecule has 1 N–H and O–H groups in total. The number of carbonyl (C=O) groups is 2. The van der Waals surface area contributed by atoms with Crippen LogP contribution in [0.4, 0.5) is 18.9 Å². The van der Waals surface area contributed by atoms with E-state index in [1.165, 1.54) is 17.0 Å². The quantitative estimate of drug-likeness (QED) is 0.330. The first-order valence-corrected chi connectivity index (χ1v) is 14.6. The van der Waals surface area contributed by atoms with E-state index in [1.807, 2.05) is 13.1 Å². The van der Waals surface area contributed by atoms with Crippen molar-refractivity contribution in [2.24, 2.45) is 11.3 Å². The van der Waals surface area contributed by atoms with E-state index < -0.39 is 17.5 Å². The first-order valence-electron chi connectivity index (χ1n) is 14.2. The predicted octanol–water partition coefficient (Wildman–Crippen LogP) is 6.92. The number of nitrogens with zero attached hydrogens (tertiary/aromatic N) is 2. The molecule has 2 aliphatic carbocycles. The van der Waals surface area contributed by atoms with Crippen LogP contribution >= 0.6 is 11.6 Å². The predicted molar refractivity (Wildman–Crippen MR) is 150 cm³/mol. The van der Waals surface area contributed by atoms with Crippen LogP contribution in [0.25, 0.3) is 0 Å². The summed E-state index contributed by atoms with van der Waals surface area (Å²) in [7, 11) is 1.82. The highest BCUT2D eigenvalue weighted by Crippen LogP contribution is 2.61. The lowest BCUT2D eigenvalue weighted by Gasteiger charge is -2.40. The highest BCUT2D eigenvalue weighted by Gasteiger charge is 2.61.